The van der Waals surface area contributed by atoms with Gasteiger partial charge in [0, 0.05) is 31.7 Å². The van der Waals surface area contributed by atoms with Gasteiger partial charge in [0.1, 0.15) is 0 Å². The number of halogens is 2. The van der Waals surface area contributed by atoms with E-state index in [1.165, 1.54) is 6.07 Å². The maximum atomic E-state index is 13.2. The highest BCUT2D eigenvalue weighted by Gasteiger charge is 2.27. The molecule has 114 valence electrons. The molecule has 2 N–H and O–H groups in total. The van der Waals surface area contributed by atoms with E-state index in [9.17, 15) is 18.4 Å². The Kier molecular flexibility index (Phi) is 4.52. The Balaban J connectivity index is 2.00. The van der Waals surface area contributed by atoms with Gasteiger partial charge in [-0.3, -0.25) is 14.5 Å². The van der Waals surface area contributed by atoms with E-state index in [4.69, 9.17) is 5.73 Å². The standard InChI is InChI=1S/C14H17F2N3O2/c1-9(13(17)20)18-4-6-19(7-5-18)14(21)10-2-3-11(15)12(16)8-10/h2-3,8-9H,4-7H2,1H3,(H2,17,20). The fourth-order valence-electron chi connectivity index (χ4n) is 2.30. The molecule has 1 aliphatic rings. The molecule has 21 heavy (non-hydrogen) atoms. The Morgan fingerprint density at radius 2 is 1.76 bits per heavy atom. The molecule has 1 unspecified atom stereocenters. The lowest BCUT2D eigenvalue weighted by atomic mass is 10.1. The second-order valence-electron chi connectivity index (χ2n) is 5.04. The van der Waals surface area contributed by atoms with Crippen molar-refractivity contribution in [2.45, 2.75) is 13.0 Å². The second kappa shape index (κ2) is 6.17. The molecule has 7 heteroatoms. The topological polar surface area (TPSA) is 66.6 Å². The van der Waals surface area contributed by atoms with Crippen LogP contribution in [0.15, 0.2) is 18.2 Å². The first-order chi connectivity index (χ1) is 9.90. The molecule has 1 aromatic rings. The van der Waals surface area contributed by atoms with E-state index in [0.717, 1.165) is 12.1 Å². The zero-order valence-corrected chi connectivity index (χ0v) is 11.7. The highest BCUT2D eigenvalue weighted by Crippen LogP contribution is 2.13. The average Bonchev–Trinajstić information content (AvgIpc) is 2.48. The molecule has 0 radical (unpaired) electrons. The molecule has 2 rings (SSSR count). The number of primary amides is 1. The molecule has 2 amide bonds. The third-order valence-corrected chi connectivity index (χ3v) is 3.73. The molecule has 1 saturated heterocycles. The van der Waals surface area contributed by atoms with Crippen molar-refractivity contribution in [2.75, 3.05) is 26.2 Å². The lowest BCUT2D eigenvalue weighted by Crippen LogP contribution is -2.54. The monoisotopic (exact) mass is 297 g/mol. The first-order valence-corrected chi connectivity index (χ1v) is 6.68. The SMILES string of the molecule is CC(C(N)=O)N1CCN(C(=O)c2ccc(F)c(F)c2)CC1. The summed E-state index contributed by atoms with van der Waals surface area (Å²) in [5, 5.41) is 0. The molecule has 1 heterocycles. The van der Waals surface area contributed by atoms with E-state index in [2.05, 4.69) is 0 Å². The number of hydrogen-bond donors (Lipinski definition) is 1. The molecular weight excluding hydrogens is 280 g/mol. The third kappa shape index (κ3) is 3.36. The van der Waals surface area contributed by atoms with E-state index in [1.807, 2.05) is 4.90 Å². The second-order valence-corrected chi connectivity index (χ2v) is 5.04. The van der Waals surface area contributed by atoms with Gasteiger partial charge < -0.3 is 10.6 Å². The van der Waals surface area contributed by atoms with Crippen LogP contribution >= 0.6 is 0 Å². The van der Waals surface area contributed by atoms with Crippen LogP contribution in [0.4, 0.5) is 8.78 Å². The van der Waals surface area contributed by atoms with Gasteiger partial charge in [0.2, 0.25) is 5.91 Å². The van der Waals surface area contributed by atoms with E-state index in [-0.39, 0.29) is 17.5 Å². The average molecular weight is 297 g/mol. The molecule has 0 saturated carbocycles. The van der Waals surface area contributed by atoms with E-state index in [1.54, 1.807) is 11.8 Å². The summed E-state index contributed by atoms with van der Waals surface area (Å²) in [6, 6.07) is 2.72. The van der Waals surface area contributed by atoms with Crippen LogP contribution in [-0.4, -0.2) is 53.8 Å². The number of piperazine rings is 1. The number of nitrogens with two attached hydrogens (primary N) is 1. The fraction of sp³-hybridized carbons (Fsp3) is 0.429. The first kappa shape index (κ1) is 15.4. The zero-order chi connectivity index (χ0) is 15.6. The molecule has 0 bridgehead atoms. The predicted octanol–water partition coefficient (Wildman–Crippen LogP) is 0.596. The molecule has 1 aliphatic heterocycles. The predicted molar refractivity (Wildman–Crippen MR) is 72.5 cm³/mol. The summed E-state index contributed by atoms with van der Waals surface area (Å²) >= 11 is 0. The van der Waals surface area contributed by atoms with Crippen molar-refractivity contribution >= 4 is 11.8 Å². The van der Waals surface area contributed by atoms with Crippen LogP contribution in [0, 0.1) is 11.6 Å². The van der Waals surface area contributed by atoms with Crippen molar-refractivity contribution in [3.8, 4) is 0 Å². The van der Waals surface area contributed by atoms with Gasteiger partial charge >= 0.3 is 0 Å². The van der Waals surface area contributed by atoms with Crippen LogP contribution in [0.25, 0.3) is 0 Å². The van der Waals surface area contributed by atoms with Crippen molar-refractivity contribution in [1.82, 2.24) is 9.80 Å². The lowest BCUT2D eigenvalue weighted by Gasteiger charge is -2.37. The van der Waals surface area contributed by atoms with Gasteiger partial charge in [0.15, 0.2) is 11.6 Å². The molecule has 1 aromatic carbocycles. The maximum Gasteiger partial charge on any atom is 0.254 e. The minimum Gasteiger partial charge on any atom is -0.368 e. The first-order valence-electron chi connectivity index (χ1n) is 6.68. The van der Waals surface area contributed by atoms with E-state index < -0.39 is 17.5 Å². The van der Waals surface area contributed by atoms with Crippen molar-refractivity contribution < 1.29 is 18.4 Å². The molecule has 0 spiro atoms. The van der Waals surface area contributed by atoms with Crippen LogP contribution in [0.1, 0.15) is 17.3 Å². The van der Waals surface area contributed by atoms with Gasteiger partial charge in [-0.1, -0.05) is 0 Å². The van der Waals surface area contributed by atoms with Gasteiger partial charge in [-0.15, -0.1) is 0 Å². The number of nitrogens with zero attached hydrogens (tertiary/aromatic N) is 2. The summed E-state index contributed by atoms with van der Waals surface area (Å²) in [7, 11) is 0. The van der Waals surface area contributed by atoms with Crippen LogP contribution < -0.4 is 5.73 Å². The number of carbonyl (C=O) groups is 2. The molecule has 0 aliphatic carbocycles. The quantitative estimate of drug-likeness (QED) is 0.888. The van der Waals surface area contributed by atoms with E-state index >= 15 is 0 Å². The molecule has 1 atom stereocenters. The summed E-state index contributed by atoms with van der Waals surface area (Å²) in [6.45, 7) is 3.57. The van der Waals surface area contributed by atoms with E-state index in [0.29, 0.717) is 26.2 Å². The fourth-order valence-corrected chi connectivity index (χ4v) is 2.30. The molecule has 0 aromatic heterocycles. The highest BCUT2D eigenvalue weighted by atomic mass is 19.2. The van der Waals surface area contributed by atoms with Gasteiger partial charge in [-0.25, -0.2) is 8.78 Å². The Hall–Kier alpha value is -2.02. The highest BCUT2D eigenvalue weighted by molar-refractivity contribution is 5.94. The van der Waals surface area contributed by atoms with Crippen LogP contribution in [0.5, 0.6) is 0 Å². The number of amides is 2. The summed E-state index contributed by atoms with van der Waals surface area (Å²) < 4.78 is 26.0. The Morgan fingerprint density at radius 1 is 1.14 bits per heavy atom. The number of carbonyl (C=O) groups excluding carboxylic acids is 2. The Bertz CT molecular complexity index is 557. The van der Waals surface area contributed by atoms with Crippen LogP contribution in [0.2, 0.25) is 0 Å². The Labute approximate surface area is 121 Å². The van der Waals surface area contributed by atoms with Crippen LogP contribution in [-0.2, 0) is 4.79 Å². The minimum absolute atomic E-state index is 0.116. The van der Waals surface area contributed by atoms with Crippen LogP contribution in [0.3, 0.4) is 0 Å². The summed E-state index contributed by atoms with van der Waals surface area (Å²) in [4.78, 5) is 26.8. The van der Waals surface area contributed by atoms with Crippen molar-refractivity contribution in [3.63, 3.8) is 0 Å². The van der Waals surface area contributed by atoms with Gasteiger partial charge in [0.25, 0.3) is 5.91 Å². The number of hydrogen-bond acceptors (Lipinski definition) is 3. The number of rotatable bonds is 3. The van der Waals surface area contributed by atoms with Gasteiger partial charge in [-0.05, 0) is 25.1 Å². The summed E-state index contributed by atoms with van der Waals surface area (Å²) in [5.41, 5.74) is 5.36. The Morgan fingerprint density at radius 3 is 2.29 bits per heavy atom. The van der Waals surface area contributed by atoms with Crippen molar-refractivity contribution in [2.24, 2.45) is 5.73 Å². The molecular formula is C14H17F2N3O2. The van der Waals surface area contributed by atoms with Crippen molar-refractivity contribution in [3.05, 3.63) is 35.4 Å². The largest absolute Gasteiger partial charge is 0.368 e. The van der Waals surface area contributed by atoms with Gasteiger partial charge in [-0.2, -0.15) is 0 Å². The van der Waals surface area contributed by atoms with Gasteiger partial charge in [0.05, 0.1) is 6.04 Å². The molecule has 1 fully saturated rings. The zero-order valence-electron chi connectivity index (χ0n) is 11.7. The normalized spacial score (nSPS) is 17.6. The summed E-state index contributed by atoms with van der Waals surface area (Å²) in [5.74, 6) is -2.77. The minimum atomic E-state index is -1.04. The van der Waals surface area contributed by atoms with Crippen molar-refractivity contribution in [1.29, 1.82) is 0 Å². The third-order valence-electron chi connectivity index (χ3n) is 3.73. The lowest BCUT2D eigenvalue weighted by molar-refractivity contribution is -0.123. The smallest absolute Gasteiger partial charge is 0.254 e. The summed E-state index contributed by atoms with van der Waals surface area (Å²) in [6.07, 6.45) is 0. The number of benzene rings is 1. The molecule has 5 nitrogen and oxygen atoms in total. The maximum absolute atomic E-state index is 13.2.